The van der Waals surface area contributed by atoms with Crippen LogP contribution in [0.2, 0.25) is 0 Å². The zero-order valence-corrected chi connectivity index (χ0v) is 11.0. The van der Waals surface area contributed by atoms with Crippen LogP contribution in [0.4, 0.5) is 0 Å². The largest absolute Gasteiger partial charge is 1.00 e. The van der Waals surface area contributed by atoms with E-state index in [0.29, 0.717) is 0 Å². The molecule has 0 saturated carbocycles. The fourth-order valence-electron chi connectivity index (χ4n) is 0. The van der Waals surface area contributed by atoms with Crippen LogP contribution >= 0.6 is 46.4 Å². The summed E-state index contributed by atoms with van der Waals surface area (Å²) in [4.78, 5) is 0. The summed E-state index contributed by atoms with van der Waals surface area (Å²) < 4.78 is 30.0. The van der Waals surface area contributed by atoms with Crippen molar-refractivity contribution in [3.8, 4) is 0 Å². The third-order valence-electron chi connectivity index (χ3n) is 0. The van der Waals surface area contributed by atoms with Crippen LogP contribution in [0, 0.1) is 0 Å². The van der Waals surface area contributed by atoms with E-state index in [2.05, 4.69) is 0 Å². The van der Waals surface area contributed by atoms with Gasteiger partial charge in [0.25, 0.3) is 3.25 Å². The number of hydrogen-bond donors (Lipinski definition) is 2. The van der Waals surface area contributed by atoms with Crippen LogP contribution in [-0.4, -0.2) is 20.8 Å². The zero-order chi connectivity index (χ0) is 9.00. The SMILES string of the molecule is ClC(Cl)(Cl)Cl.O=S(=O)(O)O.[H-].[Na+]. The van der Waals surface area contributed by atoms with Crippen LogP contribution in [0.15, 0.2) is 0 Å². The third kappa shape index (κ3) is 294. The first-order chi connectivity index (χ1) is 4.00. The molecule has 0 amide bonds. The van der Waals surface area contributed by atoms with Gasteiger partial charge in [0.05, 0.1) is 0 Å². The molecule has 0 fully saturated rings. The molecule has 10 heteroatoms. The minimum absolute atomic E-state index is 0. The van der Waals surface area contributed by atoms with Gasteiger partial charge in [-0.05, 0) is 0 Å². The molecule has 0 bridgehead atoms. The summed E-state index contributed by atoms with van der Waals surface area (Å²) in [5.74, 6) is 0. The summed E-state index contributed by atoms with van der Waals surface area (Å²) in [7, 11) is -4.67. The number of rotatable bonds is 0. The van der Waals surface area contributed by atoms with Crippen LogP contribution in [0.3, 0.4) is 0 Å². The maximum absolute atomic E-state index is 8.74. The van der Waals surface area contributed by atoms with Crippen molar-refractivity contribution in [2.24, 2.45) is 0 Å². The Kier molecular flexibility index (Phi) is 12.7. The maximum Gasteiger partial charge on any atom is 1.00 e. The summed E-state index contributed by atoms with van der Waals surface area (Å²) in [5, 5.41) is 0. The van der Waals surface area contributed by atoms with E-state index in [1.165, 1.54) is 0 Å². The van der Waals surface area contributed by atoms with E-state index < -0.39 is 13.7 Å². The van der Waals surface area contributed by atoms with Crippen molar-refractivity contribution in [3.63, 3.8) is 0 Å². The molecule has 0 unspecified atom stereocenters. The summed E-state index contributed by atoms with van der Waals surface area (Å²) in [6.07, 6.45) is 0. The first-order valence-electron chi connectivity index (χ1n) is 1.45. The molecule has 0 aromatic carbocycles. The van der Waals surface area contributed by atoms with Crippen LogP contribution < -0.4 is 29.6 Å². The second-order valence-electron chi connectivity index (χ2n) is 0.876. The van der Waals surface area contributed by atoms with Crippen molar-refractivity contribution in [3.05, 3.63) is 0 Å². The average molecular weight is 276 g/mol. The fourth-order valence-corrected chi connectivity index (χ4v) is 0. The summed E-state index contributed by atoms with van der Waals surface area (Å²) >= 11 is 19.3. The van der Waals surface area contributed by atoms with E-state index in [1.807, 2.05) is 0 Å². The van der Waals surface area contributed by atoms with Gasteiger partial charge in [-0.15, -0.1) is 0 Å². The molecule has 2 N–H and O–H groups in total. The van der Waals surface area contributed by atoms with Crippen molar-refractivity contribution in [1.29, 1.82) is 0 Å². The van der Waals surface area contributed by atoms with Gasteiger partial charge < -0.3 is 1.43 Å². The van der Waals surface area contributed by atoms with Gasteiger partial charge in [-0.2, -0.15) is 8.42 Å². The zero-order valence-electron chi connectivity index (χ0n) is 6.13. The Morgan fingerprint density at radius 1 is 1.09 bits per heavy atom. The molecule has 0 aliphatic rings. The van der Waals surface area contributed by atoms with Gasteiger partial charge in [0, 0.05) is 0 Å². The van der Waals surface area contributed by atoms with Crippen LogP contribution in [0.5, 0.6) is 0 Å². The predicted octanol–water partition coefficient (Wildman–Crippen LogP) is -0.983. The van der Waals surface area contributed by atoms with Gasteiger partial charge in [-0.1, -0.05) is 46.4 Å². The van der Waals surface area contributed by atoms with Crippen molar-refractivity contribution < 1.29 is 48.5 Å². The molecule has 66 valence electrons. The standard InChI is InChI=1S/CCl4.Na.H2O4S.H/c2-1(3,4)5;;1-5(2,3)4;/h;;(H2,1,2,3,4);/q;+1;;-1. The molecule has 4 nitrogen and oxygen atoms in total. The van der Waals surface area contributed by atoms with E-state index >= 15 is 0 Å². The van der Waals surface area contributed by atoms with Crippen molar-refractivity contribution in [1.82, 2.24) is 0 Å². The van der Waals surface area contributed by atoms with Gasteiger partial charge in [-0.3, -0.25) is 9.11 Å². The molecule has 11 heavy (non-hydrogen) atoms. The summed E-state index contributed by atoms with van der Waals surface area (Å²) in [6.45, 7) is 0. The van der Waals surface area contributed by atoms with Gasteiger partial charge in [-0.25, -0.2) is 0 Å². The first kappa shape index (κ1) is 18.7. The molecule has 0 atom stereocenters. The Bertz CT molecular complexity index is 162. The van der Waals surface area contributed by atoms with E-state index in [1.54, 1.807) is 0 Å². The van der Waals surface area contributed by atoms with Crippen LogP contribution in [-0.2, 0) is 10.4 Å². The quantitative estimate of drug-likeness (QED) is 0.338. The van der Waals surface area contributed by atoms with Crippen molar-refractivity contribution >= 4 is 56.8 Å². The average Bonchev–Trinajstić information content (AvgIpc) is 1.12. The molecule has 0 aliphatic heterocycles. The van der Waals surface area contributed by atoms with E-state index in [0.717, 1.165) is 0 Å². The summed E-state index contributed by atoms with van der Waals surface area (Å²) in [5.41, 5.74) is 0. The van der Waals surface area contributed by atoms with E-state index in [9.17, 15) is 0 Å². The van der Waals surface area contributed by atoms with E-state index in [-0.39, 0.29) is 31.0 Å². The molecule has 0 rings (SSSR count). The topological polar surface area (TPSA) is 74.6 Å². The second-order valence-corrected chi connectivity index (χ2v) is 5.20. The van der Waals surface area contributed by atoms with Gasteiger partial charge in [0.2, 0.25) is 0 Å². The molecular formula is CH3Cl4NaO4S. The molecule has 0 radical (unpaired) electrons. The monoisotopic (exact) mass is 274 g/mol. The van der Waals surface area contributed by atoms with Crippen LogP contribution in [0.25, 0.3) is 0 Å². The Hall–Kier alpha value is 2.03. The van der Waals surface area contributed by atoms with Crippen LogP contribution in [0.1, 0.15) is 1.43 Å². The second kappa shape index (κ2) is 7.44. The minimum atomic E-state index is -4.67. The molecule has 0 saturated heterocycles. The smallest absolute Gasteiger partial charge is 1.00 e. The molecule has 0 heterocycles. The number of halogens is 4. The third-order valence-corrected chi connectivity index (χ3v) is 0. The predicted molar refractivity (Wildman–Crippen MR) is 41.4 cm³/mol. The molecule has 0 aromatic heterocycles. The van der Waals surface area contributed by atoms with Gasteiger partial charge in [0.1, 0.15) is 0 Å². The number of alkyl halides is 4. The van der Waals surface area contributed by atoms with Crippen molar-refractivity contribution in [2.75, 3.05) is 0 Å². The van der Waals surface area contributed by atoms with Crippen molar-refractivity contribution in [2.45, 2.75) is 3.25 Å². The maximum atomic E-state index is 8.74. The Labute approximate surface area is 107 Å². The molecule has 0 spiro atoms. The van der Waals surface area contributed by atoms with E-state index in [4.69, 9.17) is 63.9 Å². The number of hydrogen-bond acceptors (Lipinski definition) is 2. The summed E-state index contributed by atoms with van der Waals surface area (Å²) in [6, 6.07) is 0. The molecule has 0 aliphatic carbocycles. The minimum Gasteiger partial charge on any atom is -1.00 e. The fraction of sp³-hybridized carbons (Fsp3) is 1.00. The Morgan fingerprint density at radius 2 is 1.09 bits per heavy atom. The van der Waals surface area contributed by atoms with Gasteiger partial charge in [0.15, 0.2) is 0 Å². The Morgan fingerprint density at radius 3 is 1.09 bits per heavy atom. The normalized spacial score (nSPS) is 10.7. The molecule has 0 aromatic rings. The first-order valence-corrected chi connectivity index (χ1v) is 4.36. The molecular weight excluding hydrogens is 273 g/mol. The Balaban J connectivity index is -0.0000000457. The van der Waals surface area contributed by atoms with Gasteiger partial charge >= 0.3 is 40.0 Å².